The predicted molar refractivity (Wildman–Crippen MR) is 57.1 cm³/mol. The molecule has 1 aliphatic heterocycles. The molecule has 2 aliphatic rings. The number of amides is 1. The Bertz CT molecular complexity index is 514. The minimum absolute atomic E-state index is 0.00657. The van der Waals surface area contributed by atoms with Gasteiger partial charge in [0.1, 0.15) is 0 Å². The summed E-state index contributed by atoms with van der Waals surface area (Å²) in [5.74, 6) is 0.00657. The Morgan fingerprint density at radius 2 is 2.19 bits per heavy atom. The van der Waals surface area contributed by atoms with Crippen LogP contribution >= 0.6 is 0 Å². The summed E-state index contributed by atoms with van der Waals surface area (Å²) in [4.78, 5) is 27.9. The minimum Gasteiger partial charge on any atom is -0.331 e. The SMILES string of the molecule is O=C=Nc1cccc2c1C(=O)N(C1CC1)C2. The number of carbonyl (C=O) groups is 1. The standard InChI is InChI=1S/C12H10N2O2/c15-7-13-10-3-1-2-8-6-14(9-4-5-9)12(16)11(8)10/h1-3,9H,4-6H2. The van der Waals surface area contributed by atoms with E-state index in [0.29, 0.717) is 23.8 Å². The van der Waals surface area contributed by atoms with Gasteiger partial charge in [0, 0.05) is 12.6 Å². The molecule has 0 bridgehead atoms. The van der Waals surface area contributed by atoms with Crippen LogP contribution in [-0.2, 0) is 11.3 Å². The zero-order valence-electron chi connectivity index (χ0n) is 8.64. The maximum atomic E-state index is 12.1. The summed E-state index contributed by atoms with van der Waals surface area (Å²) in [6.45, 7) is 0.654. The highest BCUT2D eigenvalue weighted by Crippen LogP contribution is 2.37. The maximum Gasteiger partial charge on any atom is 0.256 e. The van der Waals surface area contributed by atoms with Crippen molar-refractivity contribution in [3.63, 3.8) is 0 Å². The second-order valence-corrected chi connectivity index (χ2v) is 4.18. The van der Waals surface area contributed by atoms with E-state index < -0.39 is 0 Å². The van der Waals surface area contributed by atoms with E-state index in [1.807, 2.05) is 17.0 Å². The quantitative estimate of drug-likeness (QED) is 0.556. The number of rotatable bonds is 2. The number of aliphatic imine (C=N–C) groups is 1. The summed E-state index contributed by atoms with van der Waals surface area (Å²) in [6.07, 6.45) is 3.68. The van der Waals surface area contributed by atoms with Crippen LogP contribution in [0.2, 0.25) is 0 Å². The summed E-state index contributed by atoms with van der Waals surface area (Å²) >= 11 is 0. The Labute approximate surface area is 92.6 Å². The molecule has 1 heterocycles. The molecule has 1 aromatic rings. The highest BCUT2D eigenvalue weighted by molar-refractivity contribution is 6.03. The number of hydrogen-bond acceptors (Lipinski definition) is 3. The first-order chi connectivity index (χ1) is 7.81. The molecule has 0 atom stereocenters. The number of nitrogens with zero attached hydrogens (tertiary/aromatic N) is 2. The summed E-state index contributed by atoms with van der Waals surface area (Å²) < 4.78 is 0. The third-order valence-corrected chi connectivity index (χ3v) is 3.10. The Morgan fingerprint density at radius 1 is 1.38 bits per heavy atom. The van der Waals surface area contributed by atoms with Crippen LogP contribution in [0.5, 0.6) is 0 Å². The van der Waals surface area contributed by atoms with E-state index in [-0.39, 0.29) is 5.91 Å². The molecule has 0 saturated heterocycles. The molecule has 1 aliphatic carbocycles. The molecule has 4 nitrogen and oxygen atoms in total. The first kappa shape index (κ1) is 9.31. The normalized spacial score (nSPS) is 18.2. The predicted octanol–water partition coefficient (Wildman–Crippen LogP) is 1.77. The fourth-order valence-corrected chi connectivity index (χ4v) is 2.19. The zero-order chi connectivity index (χ0) is 11.1. The van der Waals surface area contributed by atoms with E-state index >= 15 is 0 Å². The minimum atomic E-state index is 0.00657. The Morgan fingerprint density at radius 3 is 2.88 bits per heavy atom. The van der Waals surface area contributed by atoms with E-state index in [0.717, 1.165) is 18.4 Å². The second kappa shape index (κ2) is 3.29. The van der Waals surface area contributed by atoms with Gasteiger partial charge in [-0.15, -0.1) is 0 Å². The summed E-state index contributed by atoms with van der Waals surface area (Å²) in [5, 5.41) is 0. The van der Waals surface area contributed by atoms with Crippen molar-refractivity contribution in [3.8, 4) is 0 Å². The number of benzene rings is 1. The smallest absolute Gasteiger partial charge is 0.256 e. The van der Waals surface area contributed by atoms with Crippen LogP contribution in [0.25, 0.3) is 0 Å². The van der Waals surface area contributed by atoms with Crippen LogP contribution in [0.15, 0.2) is 23.2 Å². The van der Waals surface area contributed by atoms with E-state index in [4.69, 9.17) is 0 Å². The van der Waals surface area contributed by atoms with Crippen molar-refractivity contribution >= 4 is 17.7 Å². The highest BCUT2D eigenvalue weighted by atomic mass is 16.2. The lowest BCUT2D eigenvalue weighted by molar-refractivity contribution is 0.0767. The van der Waals surface area contributed by atoms with Crippen LogP contribution in [0.1, 0.15) is 28.8 Å². The Balaban J connectivity index is 2.08. The Hall–Kier alpha value is -1.93. The van der Waals surface area contributed by atoms with Gasteiger partial charge in [-0.2, -0.15) is 4.99 Å². The number of fused-ring (bicyclic) bond motifs is 1. The van der Waals surface area contributed by atoms with Crippen LogP contribution < -0.4 is 0 Å². The average Bonchev–Trinajstić information content (AvgIpc) is 3.05. The molecule has 3 rings (SSSR count). The van der Waals surface area contributed by atoms with Gasteiger partial charge in [-0.3, -0.25) is 4.79 Å². The van der Waals surface area contributed by atoms with Crippen molar-refractivity contribution in [2.24, 2.45) is 4.99 Å². The van der Waals surface area contributed by atoms with Gasteiger partial charge in [0.25, 0.3) is 5.91 Å². The molecule has 1 fully saturated rings. The fraction of sp³-hybridized carbons (Fsp3) is 0.333. The largest absolute Gasteiger partial charge is 0.331 e. The number of carbonyl (C=O) groups excluding carboxylic acids is 2. The molecule has 0 N–H and O–H groups in total. The first-order valence-electron chi connectivity index (χ1n) is 5.32. The van der Waals surface area contributed by atoms with Crippen molar-refractivity contribution in [1.82, 2.24) is 4.90 Å². The van der Waals surface area contributed by atoms with E-state index in [9.17, 15) is 9.59 Å². The van der Waals surface area contributed by atoms with Crippen LogP contribution in [-0.4, -0.2) is 22.9 Å². The molecule has 1 amide bonds. The van der Waals surface area contributed by atoms with Crippen molar-refractivity contribution in [1.29, 1.82) is 0 Å². The van der Waals surface area contributed by atoms with Crippen LogP contribution in [0, 0.1) is 0 Å². The van der Waals surface area contributed by atoms with Gasteiger partial charge in [-0.05, 0) is 24.5 Å². The van der Waals surface area contributed by atoms with E-state index in [2.05, 4.69) is 4.99 Å². The van der Waals surface area contributed by atoms with Gasteiger partial charge in [-0.25, -0.2) is 4.79 Å². The molecule has 0 aromatic heterocycles. The lowest BCUT2D eigenvalue weighted by Gasteiger charge is -2.13. The third-order valence-electron chi connectivity index (χ3n) is 3.10. The summed E-state index contributed by atoms with van der Waals surface area (Å²) in [5.41, 5.74) is 1.99. The van der Waals surface area contributed by atoms with E-state index in [1.165, 1.54) is 6.08 Å². The fourth-order valence-electron chi connectivity index (χ4n) is 2.19. The molecule has 80 valence electrons. The molecule has 1 aromatic carbocycles. The van der Waals surface area contributed by atoms with Crippen molar-refractivity contribution in [3.05, 3.63) is 29.3 Å². The molecule has 1 saturated carbocycles. The lowest BCUT2D eigenvalue weighted by atomic mass is 10.1. The molecule has 4 heteroatoms. The average molecular weight is 214 g/mol. The van der Waals surface area contributed by atoms with Gasteiger partial charge >= 0.3 is 0 Å². The summed E-state index contributed by atoms with van der Waals surface area (Å²) in [6, 6.07) is 5.81. The second-order valence-electron chi connectivity index (χ2n) is 4.18. The van der Waals surface area contributed by atoms with Crippen molar-refractivity contribution in [2.45, 2.75) is 25.4 Å². The number of isocyanates is 1. The molecule has 16 heavy (non-hydrogen) atoms. The molecular formula is C12H10N2O2. The van der Waals surface area contributed by atoms with Gasteiger partial charge in [0.2, 0.25) is 6.08 Å². The van der Waals surface area contributed by atoms with Crippen molar-refractivity contribution < 1.29 is 9.59 Å². The van der Waals surface area contributed by atoms with Gasteiger partial charge in [0.15, 0.2) is 0 Å². The first-order valence-corrected chi connectivity index (χ1v) is 5.32. The van der Waals surface area contributed by atoms with Crippen LogP contribution in [0.4, 0.5) is 5.69 Å². The van der Waals surface area contributed by atoms with Gasteiger partial charge in [0.05, 0.1) is 11.3 Å². The lowest BCUT2D eigenvalue weighted by Crippen LogP contribution is -2.25. The molecule has 0 unspecified atom stereocenters. The zero-order valence-corrected chi connectivity index (χ0v) is 8.64. The highest BCUT2D eigenvalue weighted by Gasteiger charge is 2.39. The maximum absolute atomic E-state index is 12.1. The van der Waals surface area contributed by atoms with Gasteiger partial charge < -0.3 is 4.90 Å². The Kier molecular flexibility index (Phi) is 1.91. The van der Waals surface area contributed by atoms with Crippen LogP contribution in [0.3, 0.4) is 0 Å². The molecular weight excluding hydrogens is 204 g/mol. The van der Waals surface area contributed by atoms with Gasteiger partial charge in [-0.1, -0.05) is 12.1 Å². The topological polar surface area (TPSA) is 49.7 Å². The third kappa shape index (κ3) is 1.27. The number of hydrogen-bond donors (Lipinski definition) is 0. The molecule has 0 spiro atoms. The summed E-state index contributed by atoms with van der Waals surface area (Å²) in [7, 11) is 0. The van der Waals surface area contributed by atoms with Crippen molar-refractivity contribution in [2.75, 3.05) is 0 Å². The van der Waals surface area contributed by atoms with E-state index in [1.54, 1.807) is 6.07 Å². The molecule has 0 radical (unpaired) electrons. The monoisotopic (exact) mass is 214 g/mol.